The van der Waals surface area contributed by atoms with Crippen molar-refractivity contribution < 1.29 is 4.74 Å². The number of halogens is 1. The van der Waals surface area contributed by atoms with E-state index in [1.165, 1.54) is 31.2 Å². The van der Waals surface area contributed by atoms with Crippen molar-refractivity contribution in [2.45, 2.75) is 52.0 Å². The van der Waals surface area contributed by atoms with Crippen molar-refractivity contribution in [2.75, 3.05) is 7.11 Å². The van der Waals surface area contributed by atoms with Crippen molar-refractivity contribution in [1.29, 1.82) is 0 Å². The van der Waals surface area contributed by atoms with Crippen molar-refractivity contribution in [3.8, 4) is 5.75 Å². The second kappa shape index (κ2) is 7.80. The van der Waals surface area contributed by atoms with Crippen LogP contribution in [0, 0.1) is 6.92 Å². The molecule has 0 radical (unpaired) electrons. The summed E-state index contributed by atoms with van der Waals surface area (Å²) in [5.74, 6) is 0.902. The van der Waals surface area contributed by atoms with Crippen LogP contribution in [0.2, 0.25) is 0 Å². The Labute approximate surface area is 119 Å². The first-order valence-corrected chi connectivity index (χ1v) is 7.49. The third-order valence-electron chi connectivity index (χ3n) is 3.28. The average Bonchev–Trinajstić information content (AvgIpc) is 2.37. The summed E-state index contributed by atoms with van der Waals surface area (Å²) >= 11 is 3.56. The number of aryl methyl sites for hydroxylation is 1. The molecule has 1 aromatic rings. The first-order chi connectivity index (χ1) is 8.60. The molecule has 2 nitrogen and oxygen atoms in total. The van der Waals surface area contributed by atoms with Gasteiger partial charge in [0.2, 0.25) is 0 Å². The Balaban J connectivity index is 2.71. The molecule has 0 bridgehead atoms. The number of rotatable bonds is 7. The summed E-state index contributed by atoms with van der Waals surface area (Å²) in [6.45, 7) is 4.28. The summed E-state index contributed by atoms with van der Waals surface area (Å²) in [6.07, 6.45) is 6.02. The summed E-state index contributed by atoms with van der Waals surface area (Å²) in [6, 6.07) is 4.21. The van der Waals surface area contributed by atoms with Crippen molar-refractivity contribution in [2.24, 2.45) is 5.73 Å². The van der Waals surface area contributed by atoms with E-state index >= 15 is 0 Å². The third-order valence-corrected chi connectivity index (χ3v) is 4.13. The second-order valence-corrected chi connectivity index (χ2v) is 5.65. The molecule has 0 aliphatic heterocycles. The minimum Gasteiger partial charge on any atom is -0.496 e. The van der Waals surface area contributed by atoms with Crippen LogP contribution in [0.15, 0.2) is 16.6 Å². The number of hydrogen-bond acceptors (Lipinski definition) is 2. The van der Waals surface area contributed by atoms with Crippen LogP contribution in [0.5, 0.6) is 5.75 Å². The van der Waals surface area contributed by atoms with Crippen molar-refractivity contribution in [3.63, 3.8) is 0 Å². The third kappa shape index (κ3) is 4.29. The molecule has 0 heterocycles. The highest BCUT2D eigenvalue weighted by molar-refractivity contribution is 9.10. The maximum Gasteiger partial charge on any atom is 0.123 e. The number of methoxy groups -OCH3 is 1. The maximum atomic E-state index is 6.27. The molecule has 1 rings (SSSR count). The second-order valence-electron chi connectivity index (χ2n) is 4.80. The zero-order valence-electron chi connectivity index (χ0n) is 11.6. The molecule has 18 heavy (non-hydrogen) atoms. The first kappa shape index (κ1) is 15.5. The predicted molar refractivity (Wildman–Crippen MR) is 81.1 cm³/mol. The summed E-state index contributed by atoms with van der Waals surface area (Å²) in [7, 11) is 1.70. The number of hydrogen-bond donors (Lipinski definition) is 1. The van der Waals surface area contributed by atoms with Crippen LogP contribution in [0.4, 0.5) is 0 Å². The summed E-state index contributed by atoms with van der Waals surface area (Å²) < 4.78 is 6.53. The summed E-state index contributed by atoms with van der Waals surface area (Å²) in [5, 5.41) is 0. The lowest BCUT2D eigenvalue weighted by molar-refractivity contribution is 0.402. The van der Waals surface area contributed by atoms with Gasteiger partial charge in [-0.15, -0.1) is 0 Å². The quantitative estimate of drug-likeness (QED) is 0.738. The molecule has 0 aliphatic carbocycles. The van der Waals surface area contributed by atoms with E-state index in [-0.39, 0.29) is 6.04 Å². The molecule has 2 N–H and O–H groups in total. The predicted octanol–water partition coefficient (Wildman–Crippen LogP) is 4.74. The number of nitrogens with two attached hydrogens (primary N) is 1. The van der Waals surface area contributed by atoms with Gasteiger partial charge in [-0.25, -0.2) is 0 Å². The van der Waals surface area contributed by atoms with Crippen LogP contribution in [0.3, 0.4) is 0 Å². The molecule has 0 aromatic heterocycles. The molecular formula is C15H24BrNO. The van der Waals surface area contributed by atoms with Gasteiger partial charge in [0.25, 0.3) is 0 Å². The molecule has 102 valence electrons. The van der Waals surface area contributed by atoms with Crippen LogP contribution in [-0.2, 0) is 0 Å². The van der Waals surface area contributed by atoms with Gasteiger partial charge in [0.05, 0.1) is 7.11 Å². The van der Waals surface area contributed by atoms with Gasteiger partial charge in [0.1, 0.15) is 5.75 Å². The smallest absolute Gasteiger partial charge is 0.123 e. The lowest BCUT2D eigenvalue weighted by Crippen LogP contribution is -2.12. The van der Waals surface area contributed by atoms with Crippen LogP contribution >= 0.6 is 15.9 Å². The van der Waals surface area contributed by atoms with E-state index in [2.05, 4.69) is 35.8 Å². The SMILES string of the molecule is CCCCCCC(N)c1cc(Br)c(C)cc1OC. The fraction of sp³-hybridized carbons (Fsp3) is 0.600. The molecule has 0 fully saturated rings. The largest absolute Gasteiger partial charge is 0.496 e. The molecule has 0 spiro atoms. The summed E-state index contributed by atoms with van der Waals surface area (Å²) in [4.78, 5) is 0. The number of ether oxygens (including phenoxy) is 1. The van der Waals surface area contributed by atoms with Crippen molar-refractivity contribution in [3.05, 3.63) is 27.7 Å². The molecule has 1 unspecified atom stereocenters. The molecule has 0 saturated heterocycles. The minimum atomic E-state index is 0.0636. The standard InChI is InChI=1S/C15H24BrNO/c1-4-5-6-7-8-14(17)12-10-13(16)11(2)9-15(12)18-3/h9-10,14H,4-8,17H2,1-3H3. The van der Waals surface area contributed by atoms with Crippen LogP contribution in [0.1, 0.15) is 56.2 Å². The molecule has 0 amide bonds. The lowest BCUT2D eigenvalue weighted by Gasteiger charge is -2.17. The Morgan fingerprint density at radius 3 is 2.61 bits per heavy atom. The molecule has 3 heteroatoms. The van der Waals surface area contributed by atoms with E-state index in [1.807, 2.05) is 6.07 Å². The highest BCUT2D eigenvalue weighted by Gasteiger charge is 2.13. The summed E-state index contributed by atoms with van der Waals surface area (Å²) in [5.41, 5.74) is 8.55. The minimum absolute atomic E-state index is 0.0636. The van der Waals surface area contributed by atoms with Gasteiger partial charge in [-0.2, -0.15) is 0 Å². The van der Waals surface area contributed by atoms with Gasteiger partial charge in [0, 0.05) is 16.1 Å². The fourth-order valence-electron chi connectivity index (χ4n) is 2.08. The topological polar surface area (TPSA) is 35.2 Å². The van der Waals surface area contributed by atoms with Gasteiger partial charge in [-0.05, 0) is 31.0 Å². The normalized spacial score (nSPS) is 12.5. The monoisotopic (exact) mass is 313 g/mol. The Morgan fingerprint density at radius 1 is 1.28 bits per heavy atom. The zero-order valence-corrected chi connectivity index (χ0v) is 13.2. The van der Waals surface area contributed by atoms with Crippen LogP contribution in [-0.4, -0.2) is 7.11 Å². The first-order valence-electron chi connectivity index (χ1n) is 6.69. The molecular weight excluding hydrogens is 290 g/mol. The Kier molecular flexibility index (Phi) is 6.72. The van der Waals surface area contributed by atoms with E-state index in [0.29, 0.717) is 0 Å². The van der Waals surface area contributed by atoms with Gasteiger partial charge in [-0.3, -0.25) is 0 Å². The van der Waals surface area contributed by atoms with Crippen LogP contribution < -0.4 is 10.5 Å². The molecule has 1 aromatic carbocycles. The van der Waals surface area contributed by atoms with Gasteiger partial charge < -0.3 is 10.5 Å². The molecule has 0 saturated carbocycles. The highest BCUT2D eigenvalue weighted by Crippen LogP contribution is 2.32. The maximum absolute atomic E-state index is 6.27. The number of unbranched alkanes of at least 4 members (excludes halogenated alkanes) is 3. The Bertz CT molecular complexity index is 379. The van der Waals surface area contributed by atoms with E-state index in [4.69, 9.17) is 10.5 Å². The van der Waals surface area contributed by atoms with E-state index in [9.17, 15) is 0 Å². The van der Waals surface area contributed by atoms with Crippen LogP contribution in [0.25, 0.3) is 0 Å². The van der Waals surface area contributed by atoms with Crippen molar-refractivity contribution >= 4 is 15.9 Å². The van der Waals surface area contributed by atoms with Crippen molar-refractivity contribution in [1.82, 2.24) is 0 Å². The highest BCUT2D eigenvalue weighted by atomic mass is 79.9. The Morgan fingerprint density at radius 2 is 2.00 bits per heavy atom. The fourth-order valence-corrected chi connectivity index (χ4v) is 2.44. The van der Waals surface area contributed by atoms with E-state index < -0.39 is 0 Å². The van der Waals surface area contributed by atoms with E-state index in [0.717, 1.165) is 22.2 Å². The van der Waals surface area contributed by atoms with E-state index in [1.54, 1.807) is 7.11 Å². The van der Waals surface area contributed by atoms with Gasteiger partial charge >= 0.3 is 0 Å². The lowest BCUT2D eigenvalue weighted by atomic mass is 9.99. The molecule has 1 atom stereocenters. The van der Waals surface area contributed by atoms with Gasteiger partial charge in [0.15, 0.2) is 0 Å². The number of benzene rings is 1. The average molecular weight is 314 g/mol. The molecule has 0 aliphatic rings. The van der Waals surface area contributed by atoms with Gasteiger partial charge in [-0.1, -0.05) is 48.5 Å². The zero-order chi connectivity index (χ0) is 13.5. The Hall–Kier alpha value is -0.540.